The quantitative estimate of drug-likeness (QED) is 0.405. The number of aryl methyl sites for hydroxylation is 1. The molecule has 2 aromatic carbocycles. The highest BCUT2D eigenvalue weighted by Gasteiger charge is 2.18. The van der Waals surface area contributed by atoms with E-state index in [2.05, 4.69) is 10.3 Å². The fourth-order valence-electron chi connectivity index (χ4n) is 2.60. The summed E-state index contributed by atoms with van der Waals surface area (Å²) in [5.74, 6) is -0.855. The third-order valence-electron chi connectivity index (χ3n) is 4.22. The first kappa shape index (κ1) is 21.9. The van der Waals surface area contributed by atoms with Crippen molar-refractivity contribution in [3.8, 4) is 11.3 Å². The second-order valence-corrected chi connectivity index (χ2v) is 9.77. The predicted octanol–water partition coefficient (Wildman–Crippen LogP) is 4.48. The van der Waals surface area contributed by atoms with Gasteiger partial charge in [-0.05, 0) is 31.2 Å². The van der Waals surface area contributed by atoms with Crippen LogP contribution in [0.25, 0.3) is 11.3 Å². The van der Waals surface area contributed by atoms with Crippen LogP contribution in [0.15, 0.2) is 52.7 Å². The Balaban J connectivity index is 1.65. The Hall–Kier alpha value is -2.82. The fraction of sp³-hybridized carbons (Fsp3) is 0.158. The van der Waals surface area contributed by atoms with E-state index < -0.39 is 20.7 Å². The zero-order valence-corrected chi connectivity index (χ0v) is 18.1. The van der Waals surface area contributed by atoms with Gasteiger partial charge in [0.15, 0.2) is 15.0 Å². The average Bonchev–Trinajstić information content (AvgIpc) is 3.15. The number of halogens is 1. The van der Waals surface area contributed by atoms with Gasteiger partial charge in [-0.3, -0.25) is 14.9 Å². The fourth-order valence-corrected chi connectivity index (χ4v) is 4.70. The van der Waals surface area contributed by atoms with E-state index in [1.165, 1.54) is 30.3 Å². The van der Waals surface area contributed by atoms with E-state index in [0.29, 0.717) is 21.8 Å². The summed E-state index contributed by atoms with van der Waals surface area (Å²) >= 11 is 6.90. The van der Waals surface area contributed by atoms with Gasteiger partial charge < -0.3 is 5.32 Å². The molecule has 11 heteroatoms. The molecule has 0 aliphatic rings. The van der Waals surface area contributed by atoms with E-state index in [1.54, 1.807) is 24.4 Å². The Bertz CT molecular complexity index is 1210. The molecule has 1 aromatic heterocycles. The number of nitrogens with zero attached hydrogens (tertiary/aromatic N) is 2. The normalized spacial score (nSPS) is 11.3. The third kappa shape index (κ3) is 5.21. The second kappa shape index (κ2) is 8.90. The summed E-state index contributed by atoms with van der Waals surface area (Å²) in [6.07, 6.45) is -0.240. The number of thiazole rings is 1. The smallest absolute Gasteiger partial charge is 0.272 e. The van der Waals surface area contributed by atoms with Crippen LogP contribution >= 0.6 is 22.9 Å². The summed E-state index contributed by atoms with van der Waals surface area (Å²) < 4.78 is 24.6. The topological polar surface area (TPSA) is 119 Å². The van der Waals surface area contributed by atoms with Crippen LogP contribution in [-0.4, -0.2) is 30.0 Å². The first-order valence-corrected chi connectivity index (χ1v) is 11.6. The maximum atomic E-state index is 12.3. The summed E-state index contributed by atoms with van der Waals surface area (Å²) in [6, 6.07) is 10.5. The van der Waals surface area contributed by atoms with Crippen molar-refractivity contribution in [3.05, 3.63) is 68.5 Å². The van der Waals surface area contributed by atoms with Crippen LogP contribution in [0.2, 0.25) is 5.02 Å². The van der Waals surface area contributed by atoms with Crippen LogP contribution in [-0.2, 0) is 14.6 Å². The Morgan fingerprint density at radius 3 is 2.60 bits per heavy atom. The molecule has 0 saturated carbocycles. The number of anilines is 1. The number of carbonyl (C=O) groups excluding carboxylic acids is 1. The Kier molecular flexibility index (Phi) is 6.49. The van der Waals surface area contributed by atoms with Crippen LogP contribution in [0.3, 0.4) is 0 Å². The van der Waals surface area contributed by atoms with Crippen LogP contribution in [0, 0.1) is 17.0 Å². The Morgan fingerprint density at radius 2 is 1.93 bits per heavy atom. The van der Waals surface area contributed by atoms with Gasteiger partial charge in [0, 0.05) is 34.0 Å². The van der Waals surface area contributed by atoms with Gasteiger partial charge in [-0.15, -0.1) is 11.3 Å². The SMILES string of the molecule is Cc1ccc(-c2csc(NC(=O)CCS(=O)(=O)c3ccc(Cl)cc3)n2)cc1[N+](=O)[O-]. The van der Waals surface area contributed by atoms with E-state index in [0.717, 1.165) is 11.3 Å². The molecule has 3 aromatic rings. The highest BCUT2D eigenvalue weighted by molar-refractivity contribution is 7.91. The second-order valence-electron chi connectivity index (χ2n) is 6.37. The molecule has 30 heavy (non-hydrogen) atoms. The molecule has 3 rings (SSSR count). The van der Waals surface area contributed by atoms with Gasteiger partial charge in [0.25, 0.3) is 5.69 Å². The maximum absolute atomic E-state index is 12.3. The van der Waals surface area contributed by atoms with Crippen molar-refractivity contribution in [2.24, 2.45) is 0 Å². The number of nitrogens with one attached hydrogen (secondary N) is 1. The number of hydrogen-bond donors (Lipinski definition) is 1. The van der Waals surface area contributed by atoms with Gasteiger partial charge in [0.1, 0.15) is 0 Å². The number of aromatic nitrogens is 1. The molecule has 0 spiro atoms. The lowest BCUT2D eigenvalue weighted by Gasteiger charge is -2.05. The minimum absolute atomic E-state index is 0.0153. The maximum Gasteiger partial charge on any atom is 0.272 e. The van der Waals surface area contributed by atoms with Gasteiger partial charge in [-0.1, -0.05) is 23.7 Å². The number of hydrogen-bond acceptors (Lipinski definition) is 7. The van der Waals surface area contributed by atoms with Crippen LogP contribution in [0.4, 0.5) is 10.8 Å². The summed E-state index contributed by atoms with van der Waals surface area (Å²) in [7, 11) is -3.62. The number of benzene rings is 2. The molecular formula is C19H16ClN3O5S2. The first-order chi connectivity index (χ1) is 14.2. The van der Waals surface area contributed by atoms with Crippen molar-refractivity contribution >= 4 is 49.5 Å². The summed E-state index contributed by atoms with van der Waals surface area (Å²) in [5, 5.41) is 16.0. The van der Waals surface area contributed by atoms with Crippen molar-refractivity contribution < 1.29 is 18.1 Å². The van der Waals surface area contributed by atoms with Gasteiger partial charge >= 0.3 is 0 Å². The first-order valence-electron chi connectivity index (χ1n) is 8.65. The number of nitro groups is 1. The Labute approximate surface area is 181 Å². The minimum atomic E-state index is -3.62. The van der Waals surface area contributed by atoms with Gasteiger partial charge in [0.05, 0.1) is 21.3 Å². The number of rotatable bonds is 7. The number of nitro benzene ring substituents is 1. The standard InChI is InChI=1S/C19H16ClN3O5S2/c1-12-2-3-13(10-17(12)23(25)26)16-11-29-19(21-16)22-18(24)8-9-30(27,28)15-6-4-14(20)5-7-15/h2-7,10-11H,8-9H2,1H3,(H,21,22,24). The van der Waals surface area contributed by atoms with Crippen molar-refractivity contribution in [2.45, 2.75) is 18.2 Å². The molecule has 156 valence electrons. The lowest BCUT2D eigenvalue weighted by Crippen LogP contribution is -2.17. The lowest BCUT2D eigenvalue weighted by molar-refractivity contribution is -0.385. The summed E-state index contributed by atoms with van der Waals surface area (Å²) in [6.45, 7) is 1.65. The van der Waals surface area contributed by atoms with E-state index >= 15 is 0 Å². The Morgan fingerprint density at radius 1 is 1.23 bits per heavy atom. The van der Waals surface area contributed by atoms with E-state index in [1.807, 2.05) is 0 Å². The molecule has 0 radical (unpaired) electrons. The molecule has 0 atom stereocenters. The molecule has 0 fully saturated rings. The molecule has 0 aliphatic heterocycles. The molecule has 1 heterocycles. The minimum Gasteiger partial charge on any atom is -0.302 e. The van der Waals surface area contributed by atoms with E-state index in [-0.39, 0.29) is 27.9 Å². The van der Waals surface area contributed by atoms with Gasteiger partial charge in [-0.2, -0.15) is 0 Å². The lowest BCUT2D eigenvalue weighted by atomic mass is 10.1. The molecule has 0 aliphatic carbocycles. The summed E-state index contributed by atoms with van der Waals surface area (Å²) in [4.78, 5) is 27.2. The zero-order chi connectivity index (χ0) is 21.9. The molecule has 0 unspecified atom stereocenters. The number of carbonyl (C=O) groups is 1. The molecule has 1 amide bonds. The molecule has 1 N–H and O–H groups in total. The molecule has 8 nitrogen and oxygen atoms in total. The van der Waals surface area contributed by atoms with Crippen molar-refractivity contribution in [1.29, 1.82) is 0 Å². The van der Waals surface area contributed by atoms with Crippen molar-refractivity contribution in [3.63, 3.8) is 0 Å². The van der Waals surface area contributed by atoms with Crippen molar-refractivity contribution in [1.82, 2.24) is 4.98 Å². The highest BCUT2D eigenvalue weighted by Crippen LogP contribution is 2.29. The average molecular weight is 466 g/mol. The number of amides is 1. The molecule has 0 bridgehead atoms. The van der Waals surface area contributed by atoms with Crippen LogP contribution < -0.4 is 5.32 Å². The van der Waals surface area contributed by atoms with Crippen molar-refractivity contribution in [2.75, 3.05) is 11.1 Å². The predicted molar refractivity (Wildman–Crippen MR) is 116 cm³/mol. The van der Waals surface area contributed by atoms with E-state index in [9.17, 15) is 23.3 Å². The number of sulfone groups is 1. The zero-order valence-electron chi connectivity index (χ0n) is 15.7. The van der Waals surface area contributed by atoms with Gasteiger partial charge in [-0.25, -0.2) is 13.4 Å². The monoisotopic (exact) mass is 465 g/mol. The molecular weight excluding hydrogens is 450 g/mol. The van der Waals surface area contributed by atoms with Crippen LogP contribution in [0.5, 0.6) is 0 Å². The van der Waals surface area contributed by atoms with E-state index in [4.69, 9.17) is 11.6 Å². The largest absolute Gasteiger partial charge is 0.302 e. The molecule has 0 saturated heterocycles. The van der Waals surface area contributed by atoms with Crippen LogP contribution in [0.1, 0.15) is 12.0 Å². The summed E-state index contributed by atoms with van der Waals surface area (Å²) in [5.41, 5.74) is 1.55. The highest BCUT2D eigenvalue weighted by atomic mass is 35.5. The third-order valence-corrected chi connectivity index (χ3v) is 6.96. The van der Waals surface area contributed by atoms with Gasteiger partial charge in [0.2, 0.25) is 5.91 Å².